The van der Waals surface area contributed by atoms with Crippen LogP contribution < -0.4 is 9.47 Å². The highest BCUT2D eigenvalue weighted by atomic mass is 19.3. The van der Waals surface area contributed by atoms with Gasteiger partial charge in [-0.25, -0.2) is 0 Å². The van der Waals surface area contributed by atoms with Crippen molar-refractivity contribution in [2.45, 2.75) is 20.1 Å². The Balaban J connectivity index is 2.19. The van der Waals surface area contributed by atoms with Gasteiger partial charge < -0.3 is 19.3 Å². The molecule has 8 heteroatoms. The minimum absolute atomic E-state index is 0.107. The monoisotopic (exact) mass is 406 g/mol. The molecule has 29 heavy (non-hydrogen) atoms. The highest BCUT2D eigenvalue weighted by molar-refractivity contribution is 5.95. The fourth-order valence-electron chi connectivity index (χ4n) is 2.74. The molecule has 2 rings (SSSR count). The SMILES string of the molecule is CCN(Cc1ccc(C(=O)N(C)C)cc1)C(=O)c1ccc(OC)c(OC(F)F)c1. The molecule has 0 spiro atoms. The summed E-state index contributed by atoms with van der Waals surface area (Å²) in [7, 11) is 4.68. The molecule has 0 atom stereocenters. The topological polar surface area (TPSA) is 59.1 Å². The van der Waals surface area contributed by atoms with E-state index in [4.69, 9.17) is 4.74 Å². The van der Waals surface area contributed by atoms with Crippen molar-refractivity contribution in [2.75, 3.05) is 27.7 Å². The zero-order valence-electron chi connectivity index (χ0n) is 16.8. The van der Waals surface area contributed by atoms with Crippen LogP contribution in [0.3, 0.4) is 0 Å². The molecule has 0 aliphatic heterocycles. The van der Waals surface area contributed by atoms with Crippen molar-refractivity contribution in [1.82, 2.24) is 9.80 Å². The van der Waals surface area contributed by atoms with E-state index in [9.17, 15) is 18.4 Å². The second-order valence-electron chi connectivity index (χ2n) is 6.46. The molecule has 0 aliphatic carbocycles. The Hall–Kier alpha value is -3.16. The molecule has 2 aromatic rings. The Kier molecular flexibility index (Phi) is 7.52. The summed E-state index contributed by atoms with van der Waals surface area (Å²) < 4.78 is 34.7. The number of carbonyl (C=O) groups excluding carboxylic acids is 2. The van der Waals surface area contributed by atoms with Crippen molar-refractivity contribution in [2.24, 2.45) is 0 Å². The molecule has 0 saturated heterocycles. The number of amides is 2. The van der Waals surface area contributed by atoms with Gasteiger partial charge in [-0.15, -0.1) is 0 Å². The summed E-state index contributed by atoms with van der Waals surface area (Å²) in [6, 6.07) is 11.1. The molecule has 0 heterocycles. The fraction of sp³-hybridized carbons (Fsp3) is 0.333. The number of nitrogens with zero attached hydrogens (tertiary/aromatic N) is 2. The second kappa shape index (κ2) is 9.86. The maximum Gasteiger partial charge on any atom is 0.387 e. The number of hydrogen-bond acceptors (Lipinski definition) is 4. The van der Waals surface area contributed by atoms with Crippen molar-refractivity contribution >= 4 is 11.8 Å². The zero-order valence-corrected chi connectivity index (χ0v) is 16.8. The van der Waals surface area contributed by atoms with Gasteiger partial charge in [0.15, 0.2) is 11.5 Å². The lowest BCUT2D eigenvalue weighted by Gasteiger charge is -2.22. The van der Waals surface area contributed by atoms with E-state index in [1.165, 1.54) is 30.2 Å². The van der Waals surface area contributed by atoms with Gasteiger partial charge in [0.05, 0.1) is 7.11 Å². The number of methoxy groups -OCH3 is 1. The fourth-order valence-corrected chi connectivity index (χ4v) is 2.74. The second-order valence-corrected chi connectivity index (χ2v) is 6.46. The molecule has 0 unspecified atom stereocenters. The maximum absolute atomic E-state index is 12.9. The Bertz CT molecular complexity index is 854. The van der Waals surface area contributed by atoms with E-state index in [-0.39, 0.29) is 28.9 Å². The third kappa shape index (κ3) is 5.66. The first-order valence-corrected chi connectivity index (χ1v) is 8.99. The van der Waals surface area contributed by atoms with Crippen LogP contribution in [0.15, 0.2) is 42.5 Å². The van der Waals surface area contributed by atoms with Gasteiger partial charge in [-0.3, -0.25) is 9.59 Å². The van der Waals surface area contributed by atoms with E-state index >= 15 is 0 Å². The van der Waals surface area contributed by atoms with Crippen LogP contribution in [0.1, 0.15) is 33.2 Å². The molecular formula is C21H24F2N2O4. The van der Waals surface area contributed by atoms with E-state index in [0.717, 1.165) is 5.56 Å². The average molecular weight is 406 g/mol. The van der Waals surface area contributed by atoms with Gasteiger partial charge in [-0.2, -0.15) is 8.78 Å². The largest absolute Gasteiger partial charge is 0.493 e. The molecule has 0 radical (unpaired) electrons. The molecule has 0 aromatic heterocycles. The Morgan fingerprint density at radius 3 is 2.10 bits per heavy atom. The van der Waals surface area contributed by atoms with Gasteiger partial charge in [0.2, 0.25) is 0 Å². The lowest BCUT2D eigenvalue weighted by molar-refractivity contribution is -0.0512. The summed E-state index contributed by atoms with van der Waals surface area (Å²) in [6.45, 7) is -0.487. The van der Waals surface area contributed by atoms with Gasteiger partial charge in [0.25, 0.3) is 11.8 Å². The smallest absolute Gasteiger partial charge is 0.387 e. The van der Waals surface area contributed by atoms with E-state index < -0.39 is 6.61 Å². The summed E-state index contributed by atoms with van der Waals surface area (Å²) >= 11 is 0. The zero-order chi connectivity index (χ0) is 21.6. The summed E-state index contributed by atoms with van der Waals surface area (Å²) in [5, 5.41) is 0. The van der Waals surface area contributed by atoms with Crippen LogP contribution in [-0.2, 0) is 6.54 Å². The molecule has 2 aromatic carbocycles. The average Bonchev–Trinajstić information content (AvgIpc) is 2.70. The van der Waals surface area contributed by atoms with Crippen LogP contribution in [0.4, 0.5) is 8.78 Å². The molecule has 0 fully saturated rings. The highest BCUT2D eigenvalue weighted by Gasteiger charge is 2.19. The third-order valence-electron chi connectivity index (χ3n) is 4.28. The number of benzene rings is 2. The van der Waals surface area contributed by atoms with Crippen molar-refractivity contribution in [3.8, 4) is 11.5 Å². The Labute approximate surface area is 168 Å². The van der Waals surface area contributed by atoms with Crippen molar-refractivity contribution in [1.29, 1.82) is 0 Å². The predicted molar refractivity (Wildman–Crippen MR) is 105 cm³/mol. The minimum atomic E-state index is -3.03. The molecule has 156 valence electrons. The summed E-state index contributed by atoms with van der Waals surface area (Å²) in [6.07, 6.45) is 0. The van der Waals surface area contributed by atoms with Gasteiger partial charge in [-0.05, 0) is 42.8 Å². The molecule has 0 aliphatic rings. The van der Waals surface area contributed by atoms with Crippen molar-refractivity contribution in [3.63, 3.8) is 0 Å². The summed E-state index contributed by atoms with van der Waals surface area (Å²) in [5.74, 6) is -0.519. The van der Waals surface area contributed by atoms with Gasteiger partial charge in [0, 0.05) is 38.3 Å². The highest BCUT2D eigenvalue weighted by Crippen LogP contribution is 2.30. The maximum atomic E-state index is 12.9. The molecule has 0 N–H and O–H groups in total. The number of hydrogen-bond donors (Lipinski definition) is 0. The number of ether oxygens (including phenoxy) is 2. The van der Waals surface area contributed by atoms with E-state index in [1.807, 2.05) is 6.92 Å². The van der Waals surface area contributed by atoms with Crippen LogP contribution in [0.2, 0.25) is 0 Å². The van der Waals surface area contributed by atoms with Gasteiger partial charge in [-0.1, -0.05) is 12.1 Å². The standard InChI is InChI=1S/C21H24F2N2O4/c1-5-25(13-14-6-8-15(9-7-14)19(26)24(2)3)20(27)16-10-11-17(28-4)18(12-16)29-21(22)23/h6-12,21H,5,13H2,1-4H3. The molecule has 6 nitrogen and oxygen atoms in total. The Morgan fingerprint density at radius 2 is 1.59 bits per heavy atom. The summed E-state index contributed by atoms with van der Waals surface area (Å²) in [4.78, 5) is 27.9. The third-order valence-corrected chi connectivity index (χ3v) is 4.28. The molecular weight excluding hydrogens is 382 g/mol. The Morgan fingerprint density at radius 1 is 0.966 bits per heavy atom. The van der Waals surface area contributed by atoms with Crippen LogP contribution in [0, 0.1) is 0 Å². The van der Waals surface area contributed by atoms with Crippen molar-refractivity contribution in [3.05, 3.63) is 59.2 Å². The molecule has 0 bridgehead atoms. The first-order chi connectivity index (χ1) is 13.8. The first-order valence-electron chi connectivity index (χ1n) is 8.99. The van der Waals surface area contributed by atoms with Gasteiger partial charge in [0.1, 0.15) is 0 Å². The number of alkyl halides is 2. The van der Waals surface area contributed by atoms with Crippen molar-refractivity contribution < 1.29 is 27.8 Å². The van der Waals surface area contributed by atoms with Crippen LogP contribution in [0.25, 0.3) is 0 Å². The van der Waals surface area contributed by atoms with Crippen LogP contribution in [0.5, 0.6) is 11.5 Å². The summed E-state index contributed by atoms with van der Waals surface area (Å²) in [5.41, 5.74) is 1.60. The lowest BCUT2D eigenvalue weighted by atomic mass is 10.1. The van der Waals surface area contributed by atoms with E-state index in [2.05, 4.69) is 4.74 Å². The number of halogens is 2. The quantitative estimate of drug-likeness (QED) is 0.671. The lowest BCUT2D eigenvalue weighted by Crippen LogP contribution is -2.30. The van der Waals surface area contributed by atoms with Crippen LogP contribution in [-0.4, -0.2) is 56.0 Å². The number of rotatable bonds is 8. The molecule has 2 amide bonds. The van der Waals surface area contributed by atoms with E-state index in [0.29, 0.717) is 18.7 Å². The first kappa shape index (κ1) is 22.1. The normalized spacial score (nSPS) is 10.6. The van der Waals surface area contributed by atoms with Crippen LogP contribution >= 0.6 is 0 Å². The number of carbonyl (C=O) groups is 2. The minimum Gasteiger partial charge on any atom is -0.493 e. The predicted octanol–water partition coefficient (Wildman–Crippen LogP) is 3.66. The molecule has 0 saturated carbocycles. The van der Waals surface area contributed by atoms with E-state index in [1.54, 1.807) is 43.3 Å². The van der Waals surface area contributed by atoms with Gasteiger partial charge >= 0.3 is 6.61 Å².